The lowest BCUT2D eigenvalue weighted by Crippen LogP contribution is -2.28. The molecule has 0 saturated heterocycles. The predicted octanol–water partition coefficient (Wildman–Crippen LogP) is 14.8. The van der Waals surface area contributed by atoms with E-state index in [9.17, 15) is 0 Å². The van der Waals surface area contributed by atoms with Gasteiger partial charge >= 0.3 is 0 Å². The van der Waals surface area contributed by atoms with Crippen LogP contribution in [0.25, 0.3) is 78.4 Å². The summed E-state index contributed by atoms with van der Waals surface area (Å²) >= 11 is 0. The van der Waals surface area contributed by atoms with Crippen LogP contribution >= 0.6 is 0 Å². The highest BCUT2D eigenvalue weighted by atomic mass is 14.9. The molecule has 11 rings (SSSR count). The van der Waals surface area contributed by atoms with Crippen LogP contribution in [0.2, 0.25) is 0 Å². The average Bonchev–Trinajstić information content (AvgIpc) is 3.66. The van der Waals surface area contributed by atoms with E-state index in [-0.39, 0.29) is 0 Å². The van der Waals surface area contributed by atoms with Crippen molar-refractivity contribution in [2.75, 3.05) is 0 Å². The molecule has 0 bridgehead atoms. The van der Waals surface area contributed by atoms with E-state index in [4.69, 9.17) is 9.97 Å². The van der Waals surface area contributed by atoms with Crippen molar-refractivity contribution in [3.8, 4) is 78.4 Å². The molecule has 0 fully saturated rings. The largest absolute Gasteiger partial charge is 0.228 e. The number of fused-ring (bicyclic) bond motifs is 3. The molecule has 1 aliphatic carbocycles. The number of benzene rings is 9. The van der Waals surface area contributed by atoms with Crippen molar-refractivity contribution >= 4 is 0 Å². The van der Waals surface area contributed by atoms with Crippen molar-refractivity contribution in [2.45, 2.75) is 5.41 Å². The van der Waals surface area contributed by atoms with Crippen LogP contribution in [0.15, 0.2) is 243 Å². The van der Waals surface area contributed by atoms with E-state index in [1.165, 1.54) is 55.6 Å². The molecule has 0 unspecified atom stereocenters. The van der Waals surface area contributed by atoms with Gasteiger partial charge in [-0.3, -0.25) is 0 Å². The second-order valence-corrected chi connectivity index (χ2v) is 15.7. The molecule has 0 spiro atoms. The Bertz CT molecular complexity index is 3080. The summed E-state index contributed by atoms with van der Waals surface area (Å²) in [6.45, 7) is 0. The fourth-order valence-corrected chi connectivity index (χ4v) is 9.33. The van der Waals surface area contributed by atoms with Crippen LogP contribution in [-0.2, 0) is 5.41 Å². The van der Waals surface area contributed by atoms with Crippen LogP contribution in [-0.4, -0.2) is 9.97 Å². The van der Waals surface area contributed by atoms with Gasteiger partial charge in [-0.2, -0.15) is 0 Å². The van der Waals surface area contributed by atoms with Gasteiger partial charge in [0, 0.05) is 16.7 Å². The zero-order valence-corrected chi connectivity index (χ0v) is 33.5. The fourth-order valence-electron chi connectivity index (χ4n) is 9.33. The molecule has 0 radical (unpaired) electrons. The molecule has 0 aliphatic heterocycles. The third kappa shape index (κ3) is 6.46. The van der Waals surface area contributed by atoms with Crippen LogP contribution in [0, 0.1) is 0 Å². The molecular weight excluding hydrogens is 737 g/mol. The SMILES string of the molecule is c1ccc(-c2cc(-c3cccc(-c4cccc(-c5cccc(-c6cccc(C7(c8ccccc8)c8ccccc8-c8ccccc87)c6)c5)c4)c3)nc(-c3ccccc3)n2)cc1. The number of aromatic nitrogens is 2. The monoisotopic (exact) mass is 776 g/mol. The summed E-state index contributed by atoms with van der Waals surface area (Å²) in [4.78, 5) is 10.1. The Labute approximate surface area is 357 Å². The van der Waals surface area contributed by atoms with Gasteiger partial charge in [0.1, 0.15) is 0 Å². The van der Waals surface area contributed by atoms with Gasteiger partial charge in [0.2, 0.25) is 0 Å². The molecular formula is C59H40N2. The molecule has 9 aromatic carbocycles. The molecule has 10 aromatic rings. The molecule has 1 heterocycles. The number of hydrogen-bond donors (Lipinski definition) is 0. The van der Waals surface area contributed by atoms with Gasteiger partial charge in [0.05, 0.1) is 16.8 Å². The third-order valence-corrected chi connectivity index (χ3v) is 12.2. The first kappa shape index (κ1) is 36.2. The minimum absolute atomic E-state index is 0.442. The summed E-state index contributed by atoms with van der Waals surface area (Å²) < 4.78 is 0. The molecule has 0 N–H and O–H groups in total. The first-order chi connectivity index (χ1) is 30.2. The normalized spacial score (nSPS) is 12.4. The fraction of sp³-hybridized carbons (Fsp3) is 0.0169. The third-order valence-electron chi connectivity index (χ3n) is 12.2. The molecule has 2 nitrogen and oxygen atoms in total. The van der Waals surface area contributed by atoms with Gasteiger partial charge in [0.25, 0.3) is 0 Å². The topological polar surface area (TPSA) is 25.8 Å². The lowest BCUT2D eigenvalue weighted by molar-refractivity contribution is 0.769. The summed E-state index contributed by atoms with van der Waals surface area (Å²) in [5.41, 5.74) is 19.2. The molecule has 0 amide bonds. The lowest BCUT2D eigenvalue weighted by Gasteiger charge is -2.34. The van der Waals surface area contributed by atoms with Crippen LogP contribution < -0.4 is 0 Å². The van der Waals surface area contributed by atoms with Crippen molar-refractivity contribution in [2.24, 2.45) is 0 Å². The van der Waals surface area contributed by atoms with Crippen molar-refractivity contribution in [1.29, 1.82) is 0 Å². The van der Waals surface area contributed by atoms with Crippen LogP contribution in [0.5, 0.6) is 0 Å². The first-order valence-corrected chi connectivity index (χ1v) is 20.9. The van der Waals surface area contributed by atoms with E-state index in [1.807, 2.05) is 24.3 Å². The zero-order chi connectivity index (χ0) is 40.6. The predicted molar refractivity (Wildman–Crippen MR) is 252 cm³/mol. The van der Waals surface area contributed by atoms with Crippen LogP contribution in [0.1, 0.15) is 22.3 Å². The van der Waals surface area contributed by atoms with Gasteiger partial charge in [-0.15, -0.1) is 0 Å². The Balaban J connectivity index is 0.961. The van der Waals surface area contributed by atoms with E-state index in [2.05, 4.69) is 218 Å². The van der Waals surface area contributed by atoms with Crippen molar-refractivity contribution in [1.82, 2.24) is 9.97 Å². The summed E-state index contributed by atoms with van der Waals surface area (Å²) in [5, 5.41) is 0. The zero-order valence-electron chi connectivity index (χ0n) is 33.5. The Morgan fingerprint density at radius 3 is 1.15 bits per heavy atom. The van der Waals surface area contributed by atoms with E-state index >= 15 is 0 Å². The van der Waals surface area contributed by atoms with Crippen molar-refractivity contribution in [3.63, 3.8) is 0 Å². The maximum absolute atomic E-state index is 5.10. The second kappa shape index (κ2) is 15.3. The summed E-state index contributed by atoms with van der Waals surface area (Å²) in [7, 11) is 0. The Hall–Kier alpha value is -7.94. The minimum atomic E-state index is -0.442. The summed E-state index contributed by atoms with van der Waals surface area (Å²) in [5.74, 6) is 0.711. The standard InChI is InChI=1S/C59H40N2/c1-4-18-41(19-5-1)56-40-57(61-58(60-56)42-20-6-2-7-21-42)49-28-16-26-47(38-49)45-24-14-22-43(36-45)44-23-15-25-46(37-44)48-27-17-31-51(39-48)59(50-29-8-3-9-30-50)54-34-12-10-32-52(54)53-33-11-13-35-55(53)59/h1-40H. The van der Waals surface area contributed by atoms with Gasteiger partial charge in [0.15, 0.2) is 5.82 Å². The molecule has 1 aromatic heterocycles. The molecule has 0 saturated carbocycles. The van der Waals surface area contributed by atoms with Crippen molar-refractivity contribution in [3.05, 3.63) is 265 Å². The summed E-state index contributed by atoms with van der Waals surface area (Å²) in [6, 6.07) is 87.2. The maximum Gasteiger partial charge on any atom is 0.160 e. The number of rotatable bonds is 8. The van der Waals surface area contributed by atoms with Crippen LogP contribution in [0.3, 0.4) is 0 Å². The van der Waals surface area contributed by atoms with Gasteiger partial charge in [-0.05, 0) is 97.1 Å². The Kier molecular flexibility index (Phi) is 9.09. The van der Waals surface area contributed by atoms with Gasteiger partial charge in [-0.1, -0.05) is 212 Å². The molecule has 2 heteroatoms. The molecule has 0 atom stereocenters. The first-order valence-electron chi connectivity index (χ1n) is 20.9. The Morgan fingerprint density at radius 1 is 0.246 bits per heavy atom. The van der Waals surface area contributed by atoms with Crippen molar-refractivity contribution < 1.29 is 0 Å². The van der Waals surface area contributed by atoms with E-state index in [0.29, 0.717) is 5.82 Å². The average molecular weight is 777 g/mol. The molecule has 286 valence electrons. The van der Waals surface area contributed by atoms with Gasteiger partial charge in [-0.25, -0.2) is 9.97 Å². The minimum Gasteiger partial charge on any atom is -0.228 e. The second-order valence-electron chi connectivity index (χ2n) is 15.7. The lowest BCUT2D eigenvalue weighted by atomic mass is 9.67. The number of hydrogen-bond acceptors (Lipinski definition) is 2. The summed E-state index contributed by atoms with van der Waals surface area (Å²) in [6.07, 6.45) is 0. The maximum atomic E-state index is 5.10. The highest BCUT2D eigenvalue weighted by Crippen LogP contribution is 2.56. The van der Waals surface area contributed by atoms with E-state index in [0.717, 1.165) is 39.2 Å². The highest BCUT2D eigenvalue weighted by molar-refractivity contribution is 5.87. The quantitative estimate of drug-likeness (QED) is 0.154. The Morgan fingerprint density at radius 2 is 0.607 bits per heavy atom. The van der Waals surface area contributed by atoms with Gasteiger partial charge < -0.3 is 0 Å². The van der Waals surface area contributed by atoms with Crippen LogP contribution in [0.4, 0.5) is 0 Å². The molecule has 61 heavy (non-hydrogen) atoms. The number of nitrogens with zero attached hydrogens (tertiary/aromatic N) is 2. The smallest absolute Gasteiger partial charge is 0.160 e. The molecule has 1 aliphatic rings. The highest BCUT2D eigenvalue weighted by Gasteiger charge is 2.45. The van der Waals surface area contributed by atoms with E-state index in [1.54, 1.807) is 0 Å². The van der Waals surface area contributed by atoms with E-state index < -0.39 is 5.41 Å².